The zero-order chi connectivity index (χ0) is 19.3. The van der Waals surface area contributed by atoms with Crippen molar-refractivity contribution in [2.45, 2.75) is 25.9 Å². The van der Waals surface area contributed by atoms with Gasteiger partial charge in [-0.25, -0.2) is 0 Å². The number of nitrogens with zero attached hydrogens (tertiary/aromatic N) is 1. The van der Waals surface area contributed by atoms with Crippen molar-refractivity contribution in [1.82, 2.24) is 4.90 Å². The molecule has 140 valence electrons. The maximum Gasteiger partial charge on any atom is 0.0935 e. The molecule has 2 aromatic carbocycles. The molecule has 0 aliphatic carbocycles. The molecule has 0 radical (unpaired) electrons. The number of hydrogen-bond acceptors (Lipinski definition) is 2. The van der Waals surface area contributed by atoms with Crippen LogP contribution in [0.15, 0.2) is 54.1 Å². The first-order valence-corrected chi connectivity index (χ1v) is 9.53. The molecule has 2 rings (SSSR count). The van der Waals surface area contributed by atoms with Crippen LogP contribution in [0.25, 0.3) is 6.08 Å². The molecular formula is C22H27Cl2NO. The van der Waals surface area contributed by atoms with Gasteiger partial charge in [0.25, 0.3) is 0 Å². The highest BCUT2D eigenvalue weighted by atomic mass is 35.5. The summed E-state index contributed by atoms with van der Waals surface area (Å²) in [6.07, 6.45) is 2.49. The van der Waals surface area contributed by atoms with Crippen molar-refractivity contribution >= 4 is 29.3 Å². The van der Waals surface area contributed by atoms with Crippen LogP contribution in [-0.2, 0) is 6.42 Å². The number of rotatable bonds is 7. The minimum atomic E-state index is -1.02. The van der Waals surface area contributed by atoms with E-state index in [0.29, 0.717) is 16.5 Å². The molecule has 0 bridgehead atoms. The van der Waals surface area contributed by atoms with E-state index < -0.39 is 5.60 Å². The van der Waals surface area contributed by atoms with Crippen LogP contribution in [0, 0.1) is 5.92 Å². The summed E-state index contributed by atoms with van der Waals surface area (Å²) in [5, 5.41) is 12.9. The zero-order valence-corrected chi connectivity index (χ0v) is 17.3. The lowest BCUT2D eigenvalue weighted by Gasteiger charge is -2.37. The largest absolute Gasteiger partial charge is 0.385 e. The maximum atomic E-state index is 11.7. The van der Waals surface area contributed by atoms with E-state index in [-0.39, 0.29) is 5.92 Å². The maximum absolute atomic E-state index is 11.7. The van der Waals surface area contributed by atoms with Crippen LogP contribution in [0.2, 0.25) is 10.0 Å². The highest BCUT2D eigenvalue weighted by Gasteiger charge is 2.36. The van der Waals surface area contributed by atoms with Crippen LogP contribution in [0.5, 0.6) is 0 Å². The van der Waals surface area contributed by atoms with Crippen LogP contribution in [0.3, 0.4) is 0 Å². The summed E-state index contributed by atoms with van der Waals surface area (Å²) in [4.78, 5) is 2.09. The monoisotopic (exact) mass is 391 g/mol. The predicted molar refractivity (Wildman–Crippen MR) is 113 cm³/mol. The SMILES string of the molecule is CC(=Cc1ccccc1)C(O)(Cc1ccc(Cl)cc1Cl)C(C)CN(C)C. The van der Waals surface area contributed by atoms with Crippen molar-refractivity contribution in [2.24, 2.45) is 5.92 Å². The molecule has 2 aromatic rings. The van der Waals surface area contributed by atoms with Crippen LogP contribution in [0.4, 0.5) is 0 Å². The highest BCUT2D eigenvalue weighted by molar-refractivity contribution is 6.35. The molecule has 0 aromatic heterocycles. The Bertz CT molecular complexity index is 758. The van der Waals surface area contributed by atoms with Crippen LogP contribution >= 0.6 is 23.2 Å². The first kappa shape index (κ1) is 21.0. The molecular weight excluding hydrogens is 365 g/mol. The molecule has 0 aliphatic heterocycles. The Morgan fingerprint density at radius 1 is 1.15 bits per heavy atom. The Morgan fingerprint density at radius 3 is 2.38 bits per heavy atom. The zero-order valence-electron chi connectivity index (χ0n) is 15.8. The molecule has 26 heavy (non-hydrogen) atoms. The third-order valence-corrected chi connectivity index (χ3v) is 5.38. The number of halogens is 2. The third-order valence-electron chi connectivity index (χ3n) is 4.79. The molecule has 2 unspecified atom stereocenters. The van der Waals surface area contributed by atoms with Gasteiger partial charge < -0.3 is 10.0 Å². The normalized spacial score (nSPS) is 15.8. The number of aliphatic hydroxyl groups is 1. The molecule has 0 saturated carbocycles. The van der Waals surface area contributed by atoms with Gasteiger partial charge in [0.1, 0.15) is 0 Å². The van der Waals surface area contributed by atoms with E-state index in [0.717, 1.165) is 23.2 Å². The van der Waals surface area contributed by atoms with Gasteiger partial charge in [-0.3, -0.25) is 0 Å². The van der Waals surface area contributed by atoms with Crippen molar-refractivity contribution in [1.29, 1.82) is 0 Å². The van der Waals surface area contributed by atoms with Gasteiger partial charge >= 0.3 is 0 Å². The summed E-state index contributed by atoms with van der Waals surface area (Å²) in [5.41, 5.74) is 1.87. The van der Waals surface area contributed by atoms with Crippen molar-refractivity contribution in [2.75, 3.05) is 20.6 Å². The smallest absolute Gasteiger partial charge is 0.0935 e. The Kier molecular flexibility index (Phi) is 7.31. The van der Waals surface area contributed by atoms with Gasteiger partial charge in [0.05, 0.1) is 5.60 Å². The number of benzene rings is 2. The van der Waals surface area contributed by atoms with Gasteiger partial charge in [-0.15, -0.1) is 0 Å². The molecule has 2 atom stereocenters. The molecule has 0 spiro atoms. The fraction of sp³-hybridized carbons (Fsp3) is 0.364. The van der Waals surface area contributed by atoms with Gasteiger partial charge in [0.15, 0.2) is 0 Å². The van der Waals surface area contributed by atoms with Crippen molar-refractivity contribution in [3.63, 3.8) is 0 Å². The fourth-order valence-corrected chi connectivity index (χ4v) is 3.76. The third kappa shape index (κ3) is 5.34. The minimum absolute atomic E-state index is 0.0178. The summed E-state index contributed by atoms with van der Waals surface area (Å²) in [6, 6.07) is 15.5. The molecule has 0 aliphatic rings. The van der Waals surface area contributed by atoms with Crippen LogP contribution < -0.4 is 0 Å². The van der Waals surface area contributed by atoms with E-state index in [4.69, 9.17) is 23.2 Å². The second kappa shape index (κ2) is 9.05. The summed E-state index contributed by atoms with van der Waals surface area (Å²) < 4.78 is 0. The van der Waals surface area contributed by atoms with Gasteiger partial charge in [-0.2, -0.15) is 0 Å². The van der Waals surface area contributed by atoms with Crippen molar-refractivity contribution < 1.29 is 5.11 Å². The molecule has 0 amide bonds. The van der Waals surface area contributed by atoms with Gasteiger partial charge in [0.2, 0.25) is 0 Å². The van der Waals surface area contributed by atoms with E-state index in [2.05, 4.69) is 17.9 Å². The Balaban J connectivity index is 2.42. The van der Waals surface area contributed by atoms with Crippen LogP contribution in [0.1, 0.15) is 25.0 Å². The molecule has 0 heterocycles. The standard InChI is InChI=1S/C22H27Cl2NO/c1-16(12-18-8-6-5-7-9-18)22(26,17(2)15-25(3)4)14-19-10-11-20(23)13-21(19)24/h5-13,17,26H,14-15H2,1-4H3. The first-order valence-electron chi connectivity index (χ1n) is 8.77. The summed E-state index contributed by atoms with van der Waals surface area (Å²) in [6.45, 7) is 4.83. The summed E-state index contributed by atoms with van der Waals surface area (Å²) in [5.74, 6) is 0.0178. The average molecular weight is 392 g/mol. The lowest BCUT2D eigenvalue weighted by atomic mass is 9.77. The van der Waals surface area contributed by atoms with Gasteiger partial charge in [0, 0.05) is 28.9 Å². The number of hydrogen-bond donors (Lipinski definition) is 1. The summed E-state index contributed by atoms with van der Waals surface area (Å²) >= 11 is 12.4. The summed E-state index contributed by atoms with van der Waals surface area (Å²) in [7, 11) is 4.03. The quantitative estimate of drug-likeness (QED) is 0.666. The van der Waals surface area contributed by atoms with Crippen molar-refractivity contribution in [3.8, 4) is 0 Å². The average Bonchev–Trinajstić information content (AvgIpc) is 2.57. The minimum Gasteiger partial charge on any atom is -0.385 e. The van der Waals surface area contributed by atoms with Gasteiger partial charge in [-0.1, -0.05) is 72.6 Å². The Labute approximate surface area is 167 Å². The molecule has 4 heteroatoms. The first-order chi connectivity index (χ1) is 12.2. The van der Waals surface area contributed by atoms with E-state index in [1.165, 1.54) is 0 Å². The second-order valence-corrected chi connectivity index (χ2v) is 8.08. The van der Waals surface area contributed by atoms with Crippen molar-refractivity contribution in [3.05, 3.63) is 75.3 Å². The van der Waals surface area contributed by atoms with E-state index >= 15 is 0 Å². The Hall–Kier alpha value is -1.32. The molecule has 0 saturated heterocycles. The topological polar surface area (TPSA) is 23.5 Å². The molecule has 2 nitrogen and oxygen atoms in total. The molecule has 1 N–H and O–H groups in total. The Morgan fingerprint density at radius 2 is 1.81 bits per heavy atom. The van der Waals surface area contributed by atoms with E-state index in [9.17, 15) is 5.11 Å². The molecule has 0 fully saturated rings. The van der Waals surface area contributed by atoms with E-state index in [1.54, 1.807) is 6.07 Å². The second-order valence-electron chi connectivity index (χ2n) is 7.24. The van der Waals surface area contributed by atoms with Crippen LogP contribution in [-0.4, -0.2) is 36.2 Å². The lowest BCUT2D eigenvalue weighted by Crippen LogP contribution is -2.44. The van der Waals surface area contributed by atoms with E-state index in [1.807, 2.05) is 63.5 Å². The lowest BCUT2D eigenvalue weighted by molar-refractivity contribution is 0.0150. The predicted octanol–water partition coefficient (Wildman–Crippen LogP) is 5.57. The van der Waals surface area contributed by atoms with Gasteiger partial charge in [-0.05, 0) is 49.9 Å². The highest BCUT2D eigenvalue weighted by Crippen LogP contribution is 2.34. The fourth-order valence-electron chi connectivity index (χ4n) is 3.28.